The third-order valence-corrected chi connectivity index (χ3v) is 6.44. The van der Waals surface area contributed by atoms with Crippen LogP contribution in [0.25, 0.3) is 28.3 Å². The normalized spacial score (nSPS) is 14.0. The van der Waals surface area contributed by atoms with E-state index < -0.39 is 17.3 Å². The molecule has 1 saturated heterocycles. The fourth-order valence-corrected chi connectivity index (χ4v) is 4.64. The molecule has 4 aromatic rings. The first-order valence-corrected chi connectivity index (χ1v) is 11.9. The lowest BCUT2D eigenvalue weighted by Crippen LogP contribution is -2.28. The highest BCUT2D eigenvalue weighted by Gasteiger charge is 2.35. The molecule has 1 fully saturated rings. The molecule has 0 spiro atoms. The highest BCUT2D eigenvalue weighted by atomic mass is 19.4. The van der Waals surface area contributed by atoms with Crippen molar-refractivity contribution in [2.75, 3.05) is 18.0 Å². The van der Waals surface area contributed by atoms with Crippen molar-refractivity contribution in [2.24, 2.45) is 0 Å². The molecule has 0 bridgehead atoms. The molecule has 5 rings (SSSR count). The summed E-state index contributed by atoms with van der Waals surface area (Å²) >= 11 is 0. The molecule has 0 atom stereocenters. The largest absolute Gasteiger partial charge is 0.444 e. The number of benzene rings is 2. The maximum Gasteiger partial charge on any atom is 0.418 e. The lowest BCUT2D eigenvalue weighted by molar-refractivity contribution is -0.137. The molecule has 2 aromatic heterocycles. The lowest BCUT2D eigenvalue weighted by atomic mass is 10.0. The van der Waals surface area contributed by atoms with Crippen LogP contribution in [-0.2, 0) is 12.6 Å². The van der Waals surface area contributed by atoms with Crippen LogP contribution in [0.2, 0.25) is 0 Å². The number of nitrogens with zero attached hydrogens (tertiary/aromatic N) is 4. The van der Waals surface area contributed by atoms with Crippen molar-refractivity contribution in [2.45, 2.75) is 39.3 Å². The van der Waals surface area contributed by atoms with E-state index in [9.17, 15) is 18.0 Å². The van der Waals surface area contributed by atoms with Gasteiger partial charge in [-0.15, -0.1) is 0 Å². The Hall–Kier alpha value is -3.88. The van der Waals surface area contributed by atoms with Crippen molar-refractivity contribution < 1.29 is 17.6 Å². The van der Waals surface area contributed by atoms with Gasteiger partial charge in [-0.05, 0) is 74.2 Å². The minimum atomic E-state index is -4.65. The Kier molecular flexibility index (Phi) is 6.15. The second kappa shape index (κ2) is 9.29. The van der Waals surface area contributed by atoms with Crippen LogP contribution in [0.5, 0.6) is 0 Å². The van der Waals surface area contributed by atoms with Gasteiger partial charge in [-0.2, -0.15) is 23.0 Å². The van der Waals surface area contributed by atoms with Gasteiger partial charge >= 0.3 is 6.18 Å². The van der Waals surface area contributed by atoms with E-state index in [1.165, 1.54) is 18.5 Å². The van der Waals surface area contributed by atoms with Crippen molar-refractivity contribution >= 4 is 5.69 Å². The van der Waals surface area contributed by atoms with Gasteiger partial charge in [0.15, 0.2) is 12.2 Å². The number of hydrogen-bond acceptors (Lipinski definition) is 5. The Morgan fingerprint density at radius 3 is 2.44 bits per heavy atom. The van der Waals surface area contributed by atoms with Crippen molar-refractivity contribution in [3.05, 3.63) is 82.1 Å². The van der Waals surface area contributed by atoms with Gasteiger partial charge in [0, 0.05) is 35.5 Å². The third-order valence-electron chi connectivity index (χ3n) is 6.44. The fourth-order valence-electron chi connectivity index (χ4n) is 4.64. The molecular formula is C27H25F3N4O2. The first-order valence-electron chi connectivity index (χ1n) is 11.9. The van der Waals surface area contributed by atoms with E-state index in [1.807, 2.05) is 30.0 Å². The zero-order chi connectivity index (χ0) is 25.4. The summed E-state index contributed by atoms with van der Waals surface area (Å²) < 4.78 is 48.5. The number of alkyl halides is 3. The minimum Gasteiger partial charge on any atom is -0.444 e. The second-order valence-corrected chi connectivity index (χ2v) is 8.97. The van der Waals surface area contributed by atoms with Crippen LogP contribution in [-0.4, -0.2) is 27.9 Å². The highest BCUT2D eigenvalue weighted by molar-refractivity contribution is 5.70. The maximum absolute atomic E-state index is 14.1. The van der Waals surface area contributed by atoms with Crippen molar-refractivity contribution in [1.29, 1.82) is 0 Å². The minimum absolute atomic E-state index is 0.267. The van der Waals surface area contributed by atoms with Crippen LogP contribution in [0, 0.1) is 6.92 Å². The lowest BCUT2D eigenvalue weighted by Gasteiger charge is -2.21. The summed E-state index contributed by atoms with van der Waals surface area (Å²) in [4.78, 5) is 19.3. The van der Waals surface area contributed by atoms with E-state index in [1.54, 1.807) is 19.2 Å². The number of anilines is 1. The molecule has 2 aromatic carbocycles. The Morgan fingerprint density at radius 1 is 1.03 bits per heavy atom. The first-order chi connectivity index (χ1) is 17.2. The molecule has 0 unspecified atom stereocenters. The van der Waals surface area contributed by atoms with Gasteiger partial charge in [-0.25, -0.2) is 4.98 Å². The van der Waals surface area contributed by atoms with Crippen LogP contribution in [0.1, 0.15) is 36.5 Å². The molecule has 0 amide bonds. The molecule has 0 aliphatic carbocycles. The summed E-state index contributed by atoms with van der Waals surface area (Å²) in [6, 6.07) is 11.2. The number of rotatable bonds is 5. The quantitative estimate of drug-likeness (QED) is 0.338. The molecular weight excluding hydrogens is 469 g/mol. The first kappa shape index (κ1) is 23.8. The van der Waals surface area contributed by atoms with Crippen LogP contribution in [0.3, 0.4) is 0 Å². The summed E-state index contributed by atoms with van der Waals surface area (Å²) in [5.41, 5.74) is 2.02. The van der Waals surface area contributed by atoms with Gasteiger partial charge in [-0.1, -0.05) is 6.92 Å². The number of oxazole rings is 1. The molecule has 6 nitrogen and oxygen atoms in total. The van der Waals surface area contributed by atoms with Crippen LogP contribution in [0.4, 0.5) is 18.9 Å². The number of hydrogen-bond donors (Lipinski definition) is 0. The van der Waals surface area contributed by atoms with Gasteiger partial charge in [0.25, 0.3) is 5.56 Å². The van der Waals surface area contributed by atoms with E-state index in [0.29, 0.717) is 34.7 Å². The van der Waals surface area contributed by atoms with Gasteiger partial charge in [0.1, 0.15) is 0 Å². The molecule has 1 aliphatic heterocycles. The Balaban J connectivity index is 1.72. The summed E-state index contributed by atoms with van der Waals surface area (Å²) in [5, 5.41) is 4.47. The standard InChI is InChI=1S/C27H25F3N4O2/c1-3-18-13-23(19-10-17(2)11-20(12-19)25-15-31-16-36-25)32-34(26(18)35)24-14-21(33-8-4-5-9-33)6-7-22(24)27(28,29)30/h6-7,10-16H,3-5,8-9H2,1-2H3. The average molecular weight is 495 g/mol. The monoisotopic (exact) mass is 494 g/mol. The van der Waals surface area contributed by atoms with E-state index in [0.717, 1.165) is 47.8 Å². The fraction of sp³-hybridized carbons (Fsp3) is 0.296. The van der Waals surface area contributed by atoms with Crippen molar-refractivity contribution in [3.63, 3.8) is 0 Å². The van der Waals surface area contributed by atoms with Crippen molar-refractivity contribution in [3.8, 4) is 28.3 Å². The molecule has 36 heavy (non-hydrogen) atoms. The maximum atomic E-state index is 14.1. The molecule has 0 radical (unpaired) electrons. The van der Waals surface area contributed by atoms with E-state index >= 15 is 0 Å². The SMILES string of the molecule is CCc1cc(-c2cc(C)cc(-c3cnco3)c2)nn(-c2cc(N3CCCC3)ccc2C(F)(F)F)c1=O. The topological polar surface area (TPSA) is 64.2 Å². The summed E-state index contributed by atoms with van der Waals surface area (Å²) in [6.07, 6.45) is 0.574. The zero-order valence-corrected chi connectivity index (χ0v) is 20.0. The molecule has 9 heteroatoms. The second-order valence-electron chi connectivity index (χ2n) is 8.97. The molecule has 0 N–H and O–H groups in total. The molecule has 186 valence electrons. The molecule has 1 aliphatic rings. The third kappa shape index (κ3) is 4.53. The predicted octanol–water partition coefficient (Wildman–Crippen LogP) is 6.04. The summed E-state index contributed by atoms with van der Waals surface area (Å²) in [5.74, 6) is 0.557. The molecule has 3 heterocycles. The number of aryl methyl sites for hydroxylation is 2. The van der Waals surface area contributed by atoms with Crippen molar-refractivity contribution in [1.82, 2.24) is 14.8 Å². The van der Waals surface area contributed by atoms with E-state index in [4.69, 9.17) is 4.42 Å². The van der Waals surface area contributed by atoms with Gasteiger partial charge in [-0.3, -0.25) is 4.79 Å². The van der Waals surface area contributed by atoms with E-state index in [2.05, 4.69) is 10.1 Å². The van der Waals surface area contributed by atoms with Crippen LogP contribution < -0.4 is 10.5 Å². The summed E-state index contributed by atoms with van der Waals surface area (Å²) in [6.45, 7) is 5.23. The number of aromatic nitrogens is 3. The average Bonchev–Trinajstić information content (AvgIpc) is 3.58. The Labute approximate surface area is 206 Å². The Morgan fingerprint density at radius 2 is 1.78 bits per heavy atom. The highest BCUT2D eigenvalue weighted by Crippen LogP contribution is 2.36. The molecule has 0 saturated carbocycles. The van der Waals surface area contributed by atoms with Crippen LogP contribution in [0.15, 0.2) is 64.3 Å². The zero-order valence-electron chi connectivity index (χ0n) is 20.0. The smallest absolute Gasteiger partial charge is 0.418 e. The van der Waals surface area contributed by atoms with Gasteiger partial charge < -0.3 is 9.32 Å². The Bertz CT molecular complexity index is 1450. The predicted molar refractivity (Wildman–Crippen MR) is 131 cm³/mol. The summed E-state index contributed by atoms with van der Waals surface area (Å²) in [7, 11) is 0. The number of halogens is 3. The van der Waals surface area contributed by atoms with Gasteiger partial charge in [0.2, 0.25) is 0 Å². The van der Waals surface area contributed by atoms with Gasteiger partial charge in [0.05, 0.1) is 23.1 Å². The van der Waals surface area contributed by atoms with E-state index in [-0.39, 0.29) is 5.69 Å². The van der Waals surface area contributed by atoms with Crippen LogP contribution >= 0.6 is 0 Å².